The maximum Gasteiger partial charge on any atom is 0.185 e. The first kappa shape index (κ1) is 14.7. The summed E-state index contributed by atoms with van der Waals surface area (Å²) in [5.74, 6) is -2.26. The molecule has 0 unspecified atom stereocenters. The lowest BCUT2D eigenvalue weighted by Crippen LogP contribution is -2.08. The van der Waals surface area contributed by atoms with E-state index < -0.39 is 32.1 Å². The standard InChI is InChI=1S/C13H10ClF2NO2S/c14-13-8(2-1-3-10(13)15)7-20(18,19)12-5-4-9(17)6-11(12)16/h1-6H,7,17H2. The van der Waals surface area contributed by atoms with Gasteiger partial charge in [-0.25, -0.2) is 17.2 Å². The smallest absolute Gasteiger partial charge is 0.185 e. The molecule has 0 spiro atoms. The summed E-state index contributed by atoms with van der Waals surface area (Å²) >= 11 is 5.70. The Morgan fingerprint density at radius 2 is 1.80 bits per heavy atom. The molecule has 2 aromatic rings. The van der Waals surface area contributed by atoms with Gasteiger partial charge in [-0.15, -0.1) is 0 Å². The van der Waals surface area contributed by atoms with Crippen molar-refractivity contribution in [1.82, 2.24) is 0 Å². The number of nitrogens with two attached hydrogens (primary N) is 1. The minimum Gasteiger partial charge on any atom is -0.399 e. The molecule has 0 saturated heterocycles. The molecule has 0 bridgehead atoms. The Kier molecular flexibility index (Phi) is 3.96. The Bertz CT molecular complexity index is 763. The van der Waals surface area contributed by atoms with Crippen molar-refractivity contribution in [3.05, 3.63) is 58.6 Å². The highest BCUT2D eigenvalue weighted by Gasteiger charge is 2.22. The molecule has 0 atom stereocenters. The molecule has 0 aliphatic carbocycles. The molecule has 0 fully saturated rings. The van der Waals surface area contributed by atoms with Crippen LogP contribution in [0.5, 0.6) is 0 Å². The fourth-order valence-electron chi connectivity index (χ4n) is 1.71. The van der Waals surface area contributed by atoms with Gasteiger partial charge in [-0.2, -0.15) is 0 Å². The van der Waals surface area contributed by atoms with E-state index in [1.54, 1.807) is 0 Å². The van der Waals surface area contributed by atoms with E-state index in [1.165, 1.54) is 18.2 Å². The van der Waals surface area contributed by atoms with Gasteiger partial charge in [-0.1, -0.05) is 23.7 Å². The Morgan fingerprint density at radius 3 is 2.45 bits per heavy atom. The molecule has 2 rings (SSSR count). The summed E-state index contributed by atoms with van der Waals surface area (Å²) in [5, 5.41) is -0.285. The van der Waals surface area contributed by atoms with Gasteiger partial charge in [0.1, 0.15) is 16.5 Å². The van der Waals surface area contributed by atoms with E-state index in [4.69, 9.17) is 17.3 Å². The molecule has 2 N–H and O–H groups in total. The van der Waals surface area contributed by atoms with Crippen LogP contribution in [0.15, 0.2) is 41.3 Å². The van der Waals surface area contributed by atoms with Gasteiger partial charge in [0.15, 0.2) is 9.84 Å². The van der Waals surface area contributed by atoms with E-state index in [0.717, 1.165) is 18.2 Å². The Morgan fingerprint density at radius 1 is 1.10 bits per heavy atom. The van der Waals surface area contributed by atoms with Crippen LogP contribution in [0, 0.1) is 11.6 Å². The average Bonchev–Trinajstić information content (AvgIpc) is 2.34. The molecule has 0 radical (unpaired) electrons. The predicted octanol–water partition coefficient (Wildman–Crippen LogP) is 3.17. The maximum atomic E-state index is 13.7. The van der Waals surface area contributed by atoms with Gasteiger partial charge in [0.25, 0.3) is 0 Å². The number of nitrogen functional groups attached to an aromatic ring is 1. The van der Waals surface area contributed by atoms with Gasteiger partial charge >= 0.3 is 0 Å². The zero-order valence-corrected chi connectivity index (χ0v) is 11.7. The Labute approximate surface area is 119 Å². The number of sulfone groups is 1. The number of hydrogen-bond donors (Lipinski definition) is 1. The first-order chi connectivity index (χ1) is 9.31. The highest BCUT2D eigenvalue weighted by molar-refractivity contribution is 7.90. The van der Waals surface area contributed by atoms with Gasteiger partial charge in [0.2, 0.25) is 0 Å². The van der Waals surface area contributed by atoms with Crippen LogP contribution in [0.25, 0.3) is 0 Å². The molecule has 0 aromatic heterocycles. The first-order valence-electron chi connectivity index (χ1n) is 5.52. The molecule has 0 heterocycles. The largest absolute Gasteiger partial charge is 0.399 e. The van der Waals surface area contributed by atoms with Gasteiger partial charge < -0.3 is 5.73 Å². The van der Waals surface area contributed by atoms with E-state index in [1.807, 2.05) is 0 Å². The molecule has 7 heteroatoms. The van der Waals surface area contributed by atoms with Crippen molar-refractivity contribution < 1.29 is 17.2 Å². The second kappa shape index (κ2) is 5.38. The highest BCUT2D eigenvalue weighted by atomic mass is 35.5. The summed E-state index contributed by atoms with van der Waals surface area (Å²) in [4.78, 5) is -0.493. The molecule has 2 aromatic carbocycles. The lowest BCUT2D eigenvalue weighted by molar-refractivity contribution is 0.566. The van der Waals surface area contributed by atoms with Gasteiger partial charge in [0.05, 0.1) is 10.8 Å². The molecular formula is C13H10ClF2NO2S. The van der Waals surface area contributed by atoms with E-state index in [9.17, 15) is 17.2 Å². The monoisotopic (exact) mass is 317 g/mol. The SMILES string of the molecule is Nc1ccc(S(=O)(=O)Cc2cccc(F)c2Cl)c(F)c1. The van der Waals surface area contributed by atoms with Gasteiger partial charge in [-0.3, -0.25) is 0 Å². The summed E-state index contributed by atoms with van der Waals surface area (Å²) in [6, 6.07) is 7.10. The number of benzene rings is 2. The molecule has 0 aliphatic rings. The van der Waals surface area contributed by atoms with E-state index in [0.29, 0.717) is 0 Å². The zero-order valence-electron chi connectivity index (χ0n) is 10.1. The molecule has 106 valence electrons. The minimum atomic E-state index is -3.98. The molecule has 0 amide bonds. The van der Waals surface area contributed by atoms with Crippen LogP contribution in [0.3, 0.4) is 0 Å². The lowest BCUT2D eigenvalue weighted by atomic mass is 10.2. The van der Waals surface area contributed by atoms with E-state index in [2.05, 4.69) is 0 Å². The van der Waals surface area contributed by atoms with Crippen molar-refractivity contribution >= 4 is 27.1 Å². The van der Waals surface area contributed by atoms with Gasteiger partial charge in [-0.05, 0) is 29.8 Å². The minimum absolute atomic E-state index is 0.0721. The summed E-state index contributed by atoms with van der Waals surface area (Å²) in [6.07, 6.45) is 0. The first-order valence-corrected chi connectivity index (χ1v) is 7.55. The molecule has 0 saturated carbocycles. The Balaban J connectivity index is 2.44. The molecule has 3 nitrogen and oxygen atoms in total. The summed E-state index contributed by atoms with van der Waals surface area (Å²) < 4.78 is 51.2. The summed E-state index contributed by atoms with van der Waals surface area (Å²) in [7, 11) is -3.98. The maximum absolute atomic E-state index is 13.7. The Hall–Kier alpha value is -1.66. The van der Waals surface area contributed by atoms with Gasteiger partial charge in [0, 0.05) is 5.69 Å². The normalized spacial score (nSPS) is 11.6. The third-order valence-corrected chi connectivity index (χ3v) is 4.78. The van der Waals surface area contributed by atoms with Crippen molar-refractivity contribution in [3.8, 4) is 0 Å². The second-order valence-electron chi connectivity index (χ2n) is 4.16. The van der Waals surface area contributed by atoms with Crippen LogP contribution < -0.4 is 5.73 Å². The van der Waals surface area contributed by atoms with Crippen molar-refractivity contribution in [1.29, 1.82) is 0 Å². The third-order valence-electron chi connectivity index (χ3n) is 2.67. The summed E-state index contributed by atoms with van der Waals surface area (Å²) in [6.45, 7) is 0. The number of halogens is 3. The highest BCUT2D eigenvalue weighted by Crippen LogP contribution is 2.26. The topological polar surface area (TPSA) is 60.2 Å². The van der Waals surface area contributed by atoms with Crippen molar-refractivity contribution in [2.45, 2.75) is 10.6 Å². The van der Waals surface area contributed by atoms with Crippen LogP contribution in [-0.4, -0.2) is 8.42 Å². The number of hydrogen-bond acceptors (Lipinski definition) is 3. The van der Waals surface area contributed by atoms with E-state index >= 15 is 0 Å². The molecule has 20 heavy (non-hydrogen) atoms. The van der Waals surface area contributed by atoms with Crippen molar-refractivity contribution in [3.63, 3.8) is 0 Å². The zero-order chi connectivity index (χ0) is 14.9. The lowest BCUT2D eigenvalue weighted by Gasteiger charge is -2.08. The fraction of sp³-hybridized carbons (Fsp3) is 0.0769. The van der Waals surface area contributed by atoms with Crippen molar-refractivity contribution in [2.24, 2.45) is 0 Å². The molecular weight excluding hydrogens is 308 g/mol. The predicted molar refractivity (Wildman–Crippen MR) is 73.1 cm³/mol. The fourth-order valence-corrected chi connectivity index (χ4v) is 3.42. The van der Waals surface area contributed by atoms with Crippen molar-refractivity contribution in [2.75, 3.05) is 5.73 Å². The summed E-state index contributed by atoms with van der Waals surface area (Å²) in [5.41, 5.74) is 5.55. The second-order valence-corrected chi connectivity index (χ2v) is 6.50. The van der Waals surface area contributed by atoms with Crippen LogP contribution in [-0.2, 0) is 15.6 Å². The van der Waals surface area contributed by atoms with Crippen LogP contribution in [0.1, 0.15) is 5.56 Å². The number of rotatable bonds is 3. The van der Waals surface area contributed by atoms with Crippen LogP contribution in [0.2, 0.25) is 5.02 Å². The quantitative estimate of drug-likeness (QED) is 0.884. The molecule has 0 aliphatic heterocycles. The average molecular weight is 318 g/mol. The van der Waals surface area contributed by atoms with E-state index in [-0.39, 0.29) is 16.3 Å². The third kappa shape index (κ3) is 2.91. The number of anilines is 1. The van der Waals surface area contributed by atoms with Crippen LogP contribution in [0.4, 0.5) is 14.5 Å². The van der Waals surface area contributed by atoms with Crippen LogP contribution >= 0.6 is 11.6 Å².